The van der Waals surface area contributed by atoms with Crippen molar-refractivity contribution in [2.75, 3.05) is 20.1 Å². The van der Waals surface area contributed by atoms with Gasteiger partial charge in [0, 0.05) is 31.2 Å². The first-order chi connectivity index (χ1) is 14.0. The van der Waals surface area contributed by atoms with Gasteiger partial charge in [-0.05, 0) is 49.1 Å². The highest BCUT2D eigenvalue weighted by atomic mass is 19.1. The number of hydrazine groups is 1. The van der Waals surface area contributed by atoms with Crippen molar-refractivity contribution in [1.29, 1.82) is 0 Å². The van der Waals surface area contributed by atoms with Gasteiger partial charge in [0.05, 0.1) is 6.54 Å². The highest BCUT2D eigenvalue weighted by Gasteiger charge is 2.24. The van der Waals surface area contributed by atoms with Crippen molar-refractivity contribution in [3.8, 4) is 0 Å². The lowest BCUT2D eigenvalue weighted by atomic mass is 9.99. The highest BCUT2D eigenvalue weighted by Crippen LogP contribution is 2.24. The molecule has 2 atom stereocenters. The number of likely N-dealkylation sites (N-methyl/N-ethyl adjacent to an activating group) is 1. The second kappa shape index (κ2) is 10.1. The molecule has 1 saturated heterocycles. The number of nitrogens with one attached hydrogen (secondary N) is 3. The Bertz CT molecular complexity index is 813. The molecule has 2 amide bonds. The van der Waals surface area contributed by atoms with Crippen LogP contribution in [-0.2, 0) is 4.79 Å². The first-order valence-electron chi connectivity index (χ1n) is 9.86. The van der Waals surface area contributed by atoms with Gasteiger partial charge in [0.2, 0.25) is 5.91 Å². The van der Waals surface area contributed by atoms with Crippen LogP contribution in [0.2, 0.25) is 0 Å². The van der Waals surface area contributed by atoms with Gasteiger partial charge < -0.3 is 10.2 Å². The van der Waals surface area contributed by atoms with Crippen molar-refractivity contribution < 1.29 is 14.0 Å². The molecule has 1 heterocycles. The zero-order chi connectivity index (χ0) is 20.6. The number of nitrogens with zero attached hydrogens (tertiary/aromatic N) is 1. The van der Waals surface area contributed by atoms with Gasteiger partial charge in [0.25, 0.3) is 5.91 Å². The minimum absolute atomic E-state index is 0.0138. The first-order valence-corrected chi connectivity index (χ1v) is 9.86. The third-order valence-corrected chi connectivity index (χ3v) is 5.16. The summed E-state index contributed by atoms with van der Waals surface area (Å²) >= 11 is 0. The summed E-state index contributed by atoms with van der Waals surface area (Å²) in [7, 11) is 1.75. The maximum absolute atomic E-state index is 13.1. The molecule has 3 rings (SSSR count). The van der Waals surface area contributed by atoms with E-state index in [2.05, 4.69) is 16.2 Å². The van der Waals surface area contributed by atoms with Crippen LogP contribution in [0.25, 0.3) is 0 Å². The maximum atomic E-state index is 13.1. The van der Waals surface area contributed by atoms with Gasteiger partial charge in [0.15, 0.2) is 0 Å². The van der Waals surface area contributed by atoms with E-state index in [4.69, 9.17) is 0 Å². The summed E-state index contributed by atoms with van der Waals surface area (Å²) < 4.78 is 13.1. The summed E-state index contributed by atoms with van der Waals surface area (Å²) in [4.78, 5) is 25.9. The van der Waals surface area contributed by atoms with Crippen LogP contribution in [0.5, 0.6) is 0 Å². The van der Waals surface area contributed by atoms with E-state index in [1.54, 1.807) is 48.3 Å². The molecule has 0 aromatic heterocycles. The molecule has 2 unspecified atom stereocenters. The highest BCUT2D eigenvalue weighted by molar-refractivity contribution is 5.96. The van der Waals surface area contributed by atoms with Gasteiger partial charge >= 0.3 is 0 Å². The number of rotatable bonds is 8. The zero-order valence-electron chi connectivity index (χ0n) is 16.5. The van der Waals surface area contributed by atoms with Crippen LogP contribution in [0.15, 0.2) is 54.6 Å². The molecule has 1 aliphatic rings. The fourth-order valence-electron chi connectivity index (χ4n) is 3.41. The van der Waals surface area contributed by atoms with E-state index >= 15 is 0 Å². The van der Waals surface area contributed by atoms with E-state index in [0.29, 0.717) is 18.2 Å². The molecular weight excluding hydrogens is 371 g/mol. The minimum Gasteiger partial charge on any atom is -0.344 e. The van der Waals surface area contributed by atoms with Gasteiger partial charge in [-0.1, -0.05) is 30.3 Å². The molecule has 2 aromatic rings. The van der Waals surface area contributed by atoms with Gasteiger partial charge in [0.1, 0.15) is 5.82 Å². The second-order valence-corrected chi connectivity index (χ2v) is 7.33. The summed E-state index contributed by atoms with van der Waals surface area (Å²) in [5.74, 6) is -0.597. The molecule has 29 heavy (non-hydrogen) atoms. The molecule has 3 N–H and O–H groups in total. The molecular formula is C22H27FN4O2. The predicted molar refractivity (Wildman–Crippen MR) is 109 cm³/mol. The molecule has 0 aliphatic carbocycles. The molecule has 0 saturated carbocycles. The van der Waals surface area contributed by atoms with Crippen LogP contribution in [0, 0.1) is 5.82 Å². The van der Waals surface area contributed by atoms with Crippen molar-refractivity contribution in [3.63, 3.8) is 0 Å². The number of halogens is 1. The lowest BCUT2D eigenvalue weighted by Crippen LogP contribution is -2.39. The summed E-state index contributed by atoms with van der Waals surface area (Å²) in [6, 6.07) is 15.8. The fraction of sp³-hybridized carbons (Fsp3) is 0.364. The average molecular weight is 398 g/mol. The number of benzene rings is 2. The summed E-state index contributed by atoms with van der Waals surface area (Å²) in [6.45, 7) is 0.611. The minimum atomic E-state index is -0.250. The Morgan fingerprint density at radius 2 is 1.83 bits per heavy atom. The third kappa shape index (κ3) is 6.10. The van der Waals surface area contributed by atoms with Gasteiger partial charge in [-0.2, -0.15) is 0 Å². The Kier molecular flexibility index (Phi) is 7.32. The van der Waals surface area contributed by atoms with Crippen LogP contribution in [0.3, 0.4) is 0 Å². The topological polar surface area (TPSA) is 73.5 Å². The summed E-state index contributed by atoms with van der Waals surface area (Å²) in [5.41, 5.74) is 8.13. The van der Waals surface area contributed by atoms with Crippen molar-refractivity contribution >= 4 is 11.8 Å². The van der Waals surface area contributed by atoms with Crippen LogP contribution in [0.4, 0.5) is 4.39 Å². The average Bonchev–Trinajstić information content (AvgIpc) is 3.21. The van der Waals surface area contributed by atoms with Crippen molar-refractivity contribution in [3.05, 3.63) is 71.5 Å². The van der Waals surface area contributed by atoms with E-state index in [1.807, 2.05) is 6.07 Å². The number of hydrogen-bond acceptors (Lipinski definition) is 4. The van der Waals surface area contributed by atoms with Gasteiger partial charge in [-0.3, -0.25) is 20.4 Å². The van der Waals surface area contributed by atoms with Gasteiger partial charge in [-0.15, -0.1) is 0 Å². The molecule has 0 spiro atoms. The van der Waals surface area contributed by atoms with Crippen LogP contribution in [0.1, 0.15) is 41.2 Å². The maximum Gasteiger partial charge on any atom is 0.251 e. The van der Waals surface area contributed by atoms with Crippen molar-refractivity contribution in [2.24, 2.45) is 0 Å². The number of carbonyl (C=O) groups is 2. The summed E-state index contributed by atoms with van der Waals surface area (Å²) in [5, 5.41) is 2.66. The quantitative estimate of drug-likeness (QED) is 0.639. The molecule has 6 nitrogen and oxygen atoms in total. The standard InChI is InChI=1S/C22H27FN4O2/c1-27(21(28)15-24-22(29)17-6-3-2-4-7-17)13-5-8-19-14-20(26-25-19)16-9-11-18(23)12-10-16/h2-4,6-7,9-12,19-20,25-26H,5,8,13-15H2,1H3,(H,24,29). The summed E-state index contributed by atoms with van der Waals surface area (Å²) in [6.07, 6.45) is 2.68. The Morgan fingerprint density at radius 1 is 1.10 bits per heavy atom. The molecule has 0 radical (unpaired) electrons. The number of hydrogen-bond donors (Lipinski definition) is 3. The van der Waals surface area contributed by atoms with E-state index in [-0.39, 0.29) is 30.2 Å². The molecule has 7 heteroatoms. The zero-order valence-corrected chi connectivity index (χ0v) is 16.5. The largest absolute Gasteiger partial charge is 0.344 e. The molecule has 154 valence electrons. The van der Waals surface area contributed by atoms with Crippen LogP contribution < -0.4 is 16.2 Å². The number of amides is 2. The Balaban J connectivity index is 1.34. The van der Waals surface area contributed by atoms with Crippen LogP contribution in [-0.4, -0.2) is 42.9 Å². The lowest BCUT2D eigenvalue weighted by molar-refractivity contribution is -0.128. The fourth-order valence-corrected chi connectivity index (χ4v) is 3.41. The SMILES string of the molecule is CN(CCCC1CC(c2ccc(F)cc2)NN1)C(=O)CNC(=O)c1ccccc1. The van der Waals surface area contributed by atoms with Crippen molar-refractivity contribution in [2.45, 2.75) is 31.3 Å². The Hall–Kier alpha value is -2.77. The Morgan fingerprint density at radius 3 is 2.55 bits per heavy atom. The molecule has 1 aliphatic heterocycles. The van der Waals surface area contributed by atoms with Crippen molar-refractivity contribution in [1.82, 2.24) is 21.1 Å². The lowest BCUT2D eigenvalue weighted by Gasteiger charge is -2.18. The van der Waals surface area contributed by atoms with E-state index < -0.39 is 0 Å². The Labute approximate surface area is 170 Å². The first kappa shape index (κ1) is 21.0. The number of carbonyl (C=O) groups excluding carboxylic acids is 2. The van der Waals surface area contributed by atoms with E-state index in [9.17, 15) is 14.0 Å². The van der Waals surface area contributed by atoms with E-state index in [1.165, 1.54) is 12.1 Å². The van der Waals surface area contributed by atoms with E-state index in [0.717, 1.165) is 24.8 Å². The normalized spacial score (nSPS) is 18.4. The van der Waals surface area contributed by atoms with Gasteiger partial charge in [-0.25, -0.2) is 4.39 Å². The smallest absolute Gasteiger partial charge is 0.251 e. The van der Waals surface area contributed by atoms with Crippen LogP contribution >= 0.6 is 0 Å². The molecule has 2 aromatic carbocycles. The molecule has 0 bridgehead atoms. The monoisotopic (exact) mass is 398 g/mol. The second-order valence-electron chi connectivity index (χ2n) is 7.33. The third-order valence-electron chi connectivity index (χ3n) is 5.16. The predicted octanol–water partition coefficient (Wildman–Crippen LogP) is 2.40. The molecule has 1 fully saturated rings.